The van der Waals surface area contributed by atoms with Gasteiger partial charge in [-0.3, -0.25) is 4.90 Å². The Bertz CT molecular complexity index is 248. The molecule has 1 heterocycles. The smallest absolute Gasteiger partial charge is 0.0235 e. The molecular weight excluding hydrogens is 234 g/mol. The minimum Gasteiger partial charge on any atom is -0.314 e. The lowest BCUT2D eigenvalue weighted by Gasteiger charge is -2.36. The lowest BCUT2D eigenvalue weighted by atomic mass is 9.85. The molecule has 0 aromatic carbocycles. The van der Waals surface area contributed by atoms with E-state index in [1.165, 1.54) is 39.1 Å². The maximum absolute atomic E-state index is 3.58. The molecule has 114 valence electrons. The van der Waals surface area contributed by atoms with Gasteiger partial charge in [0.25, 0.3) is 0 Å². The number of rotatable bonds is 8. The van der Waals surface area contributed by atoms with Crippen molar-refractivity contribution in [2.24, 2.45) is 5.41 Å². The molecule has 1 rings (SSSR count). The summed E-state index contributed by atoms with van der Waals surface area (Å²) in [6.45, 7) is 21.0. The van der Waals surface area contributed by atoms with Crippen LogP contribution in [0, 0.1) is 5.41 Å². The predicted octanol–water partition coefficient (Wildman–Crippen LogP) is 2.43. The minimum absolute atomic E-state index is 0.341. The van der Waals surface area contributed by atoms with E-state index in [9.17, 15) is 0 Å². The molecule has 2 atom stereocenters. The first-order valence-electron chi connectivity index (χ1n) is 8.14. The zero-order valence-corrected chi connectivity index (χ0v) is 14.0. The van der Waals surface area contributed by atoms with Crippen LogP contribution in [0.25, 0.3) is 0 Å². The van der Waals surface area contributed by atoms with E-state index >= 15 is 0 Å². The molecule has 0 aliphatic carbocycles. The Morgan fingerprint density at radius 1 is 1.26 bits per heavy atom. The first kappa shape index (κ1) is 16.9. The molecular formula is C16H35N3. The van der Waals surface area contributed by atoms with Crippen LogP contribution in [0.3, 0.4) is 0 Å². The van der Waals surface area contributed by atoms with Crippen LogP contribution in [0.4, 0.5) is 0 Å². The molecule has 1 N–H and O–H groups in total. The summed E-state index contributed by atoms with van der Waals surface area (Å²) in [4.78, 5) is 5.28. The molecule has 3 nitrogen and oxygen atoms in total. The van der Waals surface area contributed by atoms with Crippen molar-refractivity contribution in [1.29, 1.82) is 0 Å². The van der Waals surface area contributed by atoms with E-state index < -0.39 is 0 Å². The summed E-state index contributed by atoms with van der Waals surface area (Å²) in [5.74, 6) is 0. The monoisotopic (exact) mass is 269 g/mol. The normalized spacial score (nSPS) is 23.2. The number of nitrogens with one attached hydrogen (secondary N) is 1. The van der Waals surface area contributed by atoms with Crippen molar-refractivity contribution in [3.05, 3.63) is 0 Å². The standard InChI is InChI=1S/C16H35N3/c1-7-17-14(4)16(5,6)13-18-11-10-15(12-18)19(8-2)9-3/h14-15,17H,7-13H2,1-6H3. The average Bonchev–Trinajstić information content (AvgIpc) is 2.78. The molecule has 19 heavy (non-hydrogen) atoms. The maximum atomic E-state index is 3.58. The summed E-state index contributed by atoms with van der Waals surface area (Å²) in [6.07, 6.45) is 1.34. The highest BCUT2D eigenvalue weighted by atomic mass is 15.3. The van der Waals surface area contributed by atoms with Crippen molar-refractivity contribution in [3.8, 4) is 0 Å². The molecule has 0 aromatic rings. The van der Waals surface area contributed by atoms with Gasteiger partial charge in [-0.25, -0.2) is 0 Å². The van der Waals surface area contributed by atoms with Crippen molar-refractivity contribution in [1.82, 2.24) is 15.1 Å². The highest BCUT2D eigenvalue weighted by Gasteiger charge is 2.32. The summed E-state index contributed by atoms with van der Waals surface area (Å²) in [6, 6.07) is 1.35. The van der Waals surface area contributed by atoms with E-state index in [1.54, 1.807) is 0 Å². The fourth-order valence-electron chi connectivity index (χ4n) is 3.29. The second-order valence-electron chi connectivity index (χ2n) is 6.67. The van der Waals surface area contributed by atoms with Crippen molar-refractivity contribution in [2.75, 3.05) is 39.3 Å². The quantitative estimate of drug-likeness (QED) is 0.730. The van der Waals surface area contributed by atoms with Gasteiger partial charge in [-0.2, -0.15) is 0 Å². The summed E-state index contributed by atoms with van der Waals surface area (Å²) in [7, 11) is 0. The third-order valence-corrected chi connectivity index (χ3v) is 4.89. The first-order valence-corrected chi connectivity index (χ1v) is 8.14. The van der Waals surface area contributed by atoms with E-state index in [0.29, 0.717) is 11.5 Å². The SMILES string of the molecule is CCNC(C)C(C)(C)CN1CCC(N(CC)CC)C1. The van der Waals surface area contributed by atoms with Gasteiger partial charge in [0.2, 0.25) is 0 Å². The zero-order valence-electron chi connectivity index (χ0n) is 14.0. The van der Waals surface area contributed by atoms with Gasteiger partial charge in [-0.05, 0) is 44.9 Å². The summed E-state index contributed by atoms with van der Waals surface area (Å²) in [5.41, 5.74) is 0.341. The van der Waals surface area contributed by atoms with Crippen molar-refractivity contribution in [3.63, 3.8) is 0 Å². The predicted molar refractivity (Wildman–Crippen MR) is 84.7 cm³/mol. The fraction of sp³-hybridized carbons (Fsp3) is 1.00. The van der Waals surface area contributed by atoms with Gasteiger partial charge in [0.05, 0.1) is 0 Å². The molecule has 0 radical (unpaired) electrons. The van der Waals surface area contributed by atoms with E-state index in [1.807, 2.05) is 0 Å². The molecule has 0 spiro atoms. The molecule has 1 aliphatic heterocycles. The second-order valence-corrected chi connectivity index (χ2v) is 6.67. The van der Waals surface area contributed by atoms with Crippen LogP contribution < -0.4 is 5.32 Å². The van der Waals surface area contributed by atoms with Gasteiger partial charge in [0.1, 0.15) is 0 Å². The van der Waals surface area contributed by atoms with Crippen LogP contribution in [-0.4, -0.2) is 61.2 Å². The third-order valence-electron chi connectivity index (χ3n) is 4.89. The van der Waals surface area contributed by atoms with Gasteiger partial charge >= 0.3 is 0 Å². The topological polar surface area (TPSA) is 18.5 Å². The molecule has 0 aromatic heterocycles. The Morgan fingerprint density at radius 2 is 1.89 bits per heavy atom. The van der Waals surface area contributed by atoms with Crippen LogP contribution >= 0.6 is 0 Å². The van der Waals surface area contributed by atoms with E-state index in [2.05, 4.69) is 56.7 Å². The van der Waals surface area contributed by atoms with Crippen molar-refractivity contribution >= 4 is 0 Å². The van der Waals surface area contributed by atoms with Gasteiger partial charge in [0.15, 0.2) is 0 Å². The van der Waals surface area contributed by atoms with Gasteiger partial charge in [-0.15, -0.1) is 0 Å². The van der Waals surface area contributed by atoms with Crippen LogP contribution in [0.1, 0.15) is 48.0 Å². The lowest BCUT2D eigenvalue weighted by molar-refractivity contribution is 0.149. The average molecular weight is 269 g/mol. The Morgan fingerprint density at radius 3 is 2.42 bits per heavy atom. The van der Waals surface area contributed by atoms with Gasteiger partial charge in [0, 0.05) is 25.2 Å². The van der Waals surface area contributed by atoms with Crippen LogP contribution in [0.15, 0.2) is 0 Å². The number of nitrogens with zero attached hydrogens (tertiary/aromatic N) is 2. The van der Waals surface area contributed by atoms with Crippen LogP contribution in [0.2, 0.25) is 0 Å². The molecule has 0 saturated carbocycles. The second kappa shape index (κ2) is 7.61. The highest BCUT2D eigenvalue weighted by Crippen LogP contribution is 2.25. The summed E-state index contributed by atoms with van der Waals surface area (Å²) in [5, 5.41) is 3.58. The minimum atomic E-state index is 0.341. The Hall–Kier alpha value is -0.120. The molecule has 1 fully saturated rings. The Labute approximate surface area is 120 Å². The molecule has 2 unspecified atom stereocenters. The number of hydrogen-bond acceptors (Lipinski definition) is 3. The van der Waals surface area contributed by atoms with Crippen molar-refractivity contribution in [2.45, 2.75) is 60.0 Å². The van der Waals surface area contributed by atoms with Crippen molar-refractivity contribution < 1.29 is 0 Å². The summed E-state index contributed by atoms with van der Waals surface area (Å²) < 4.78 is 0. The molecule has 0 amide bonds. The lowest BCUT2D eigenvalue weighted by Crippen LogP contribution is -2.47. The first-order chi connectivity index (χ1) is 8.94. The third kappa shape index (κ3) is 4.73. The van der Waals surface area contributed by atoms with Gasteiger partial charge in [-0.1, -0.05) is 34.6 Å². The number of likely N-dealkylation sites (N-methyl/N-ethyl adjacent to an activating group) is 1. The largest absolute Gasteiger partial charge is 0.314 e. The van der Waals surface area contributed by atoms with E-state index in [0.717, 1.165) is 12.6 Å². The zero-order chi connectivity index (χ0) is 14.5. The highest BCUT2D eigenvalue weighted by molar-refractivity contribution is 4.89. The van der Waals surface area contributed by atoms with Crippen LogP contribution in [0.5, 0.6) is 0 Å². The Balaban J connectivity index is 2.47. The summed E-state index contributed by atoms with van der Waals surface area (Å²) >= 11 is 0. The van der Waals surface area contributed by atoms with E-state index in [-0.39, 0.29) is 0 Å². The molecule has 1 aliphatic rings. The van der Waals surface area contributed by atoms with Gasteiger partial charge < -0.3 is 10.2 Å². The fourth-order valence-corrected chi connectivity index (χ4v) is 3.29. The molecule has 3 heteroatoms. The Kier molecular flexibility index (Phi) is 6.78. The maximum Gasteiger partial charge on any atom is 0.0235 e. The van der Waals surface area contributed by atoms with E-state index in [4.69, 9.17) is 0 Å². The molecule has 1 saturated heterocycles. The number of likely N-dealkylation sites (tertiary alicyclic amines) is 1. The van der Waals surface area contributed by atoms with Crippen LogP contribution in [-0.2, 0) is 0 Å². The molecule has 0 bridgehead atoms. The number of hydrogen-bond donors (Lipinski definition) is 1.